The molecule has 0 aliphatic carbocycles. The van der Waals surface area contributed by atoms with Crippen molar-refractivity contribution in [2.45, 2.75) is 0 Å². The molecule has 0 spiro atoms. The maximum Gasteiger partial charge on any atom is 0.351 e. The Bertz CT molecular complexity index is 1060. The van der Waals surface area contributed by atoms with E-state index in [2.05, 4.69) is 0 Å². The topological polar surface area (TPSA) is 91.1 Å². The van der Waals surface area contributed by atoms with Crippen molar-refractivity contribution in [1.29, 1.82) is 0 Å². The molecular formula is C17H13FN2O5S. The Morgan fingerprint density at radius 3 is 2.38 bits per heavy atom. The zero-order valence-corrected chi connectivity index (χ0v) is 14.5. The van der Waals surface area contributed by atoms with E-state index in [9.17, 15) is 18.8 Å². The van der Waals surface area contributed by atoms with Crippen LogP contribution < -0.4 is 15.4 Å². The van der Waals surface area contributed by atoms with Crippen molar-refractivity contribution in [3.8, 4) is 0 Å². The van der Waals surface area contributed by atoms with E-state index in [0.717, 1.165) is 11.3 Å². The van der Waals surface area contributed by atoms with Crippen LogP contribution in [-0.4, -0.2) is 31.2 Å². The normalized spacial score (nSPS) is 10.7. The molecule has 0 atom stereocenters. The van der Waals surface area contributed by atoms with Crippen molar-refractivity contribution in [2.75, 3.05) is 23.9 Å². The van der Waals surface area contributed by atoms with Gasteiger partial charge in [0.1, 0.15) is 16.4 Å². The summed E-state index contributed by atoms with van der Waals surface area (Å²) in [7, 11) is 3.07. The average Bonchev–Trinajstić information content (AvgIpc) is 3.02. The first-order chi connectivity index (χ1) is 12.3. The third-order valence-electron chi connectivity index (χ3n) is 3.76. The Labute approximate surface area is 150 Å². The molecule has 26 heavy (non-hydrogen) atoms. The number of thiophene rings is 1. The third-order valence-corrected chi connectivity index (χ3v) is 4.90. The van der Waals surface area contributed by atoms with E-state index in [1.807, 2.05) is 0 Å². The van der Waals surface area contributed by atoms with Crippen LogP contribution in [0.1, 0.15) is 10.4 Å². The highest BCUT2D eigenvalue weighted by Crippen LogP contribution is 2.32. The monoisotopic (exact) mass is 376 g/mol. The highest BCUT2D eigenvalue weighted by atomic mass is 32.1. The standard InChI is InChI=1S/C17H13FN2O5S/c1-19(10-5-3-9(18)4-6-10)17(24)20(2)14-8-12-13(26-14)7-11(15(21)22)16(23)25-12/h3-8H,1-2H3,(H,21,22). The van der Waals surface area contributed by atoms with E-state index >= 15 is 0 Å². The van der Waals surface area contributed by atoms with E-state index < -0.39 is 29.0 Å². The number of rotatable bonds is 3. The molecule has 3 aromatic rings. The van der Waals surface area contributed by atoms with Crippen molar-refractivity contribution in [3.05, 3.63) is 58.2 Å². The molecule has 2 aromatic heterocycles. The van der Waals surface area contributed by atoms with Gasteiger partial charge in [0.05, 0.1) is 4.70 Å². The number of carbonyl (C=O) groups is 2. The minimum atomic E-state index is -1.38. The van der Waals surface area contributed by atoms with Gasteiger partial charge in [-0.1, -0.05) is 0 Å². The van der Waals surface area contributed by atoms with Gasteiger partial charge >= 0.3 is 17.6 Å². The zero-order chi connectivity index (χ0) is 19.0. The van der Waals surface area contributed by atoms with Gasteiger partial charge in [-0.25, -0.2) is 18.8 Å². The maximum absolute atomic E-state index is 13.0. The number of hydrogen-bond donors (Lipinski definition) is 1. The Morgan fingerprint density at radius 1 is 1.12 bits per heavy atom. The Balaban J connectivity index is 1.92. The summed E-state index contributed by atoms with van der Waals surface area (Å²) in [6.45, 7) is 0. The summed E-state index contributed by atoms with van der Waals surface area (Å²) in [5.41, 5.74) is -0.719. The van der Waals surface area contributed by atoms with Crippen molar-refractivity contribution < 1.29 is 23.5 Å². The molecule has 134 valence electrons. The quantitative estimate of drug-likeness (QED) is 0.757. The van der Waals surface area contributed by atoms with Gasteiger partial charge in [-0.2, -0.15) is 0 Å². The molecule has 3 rings (SSSR count). The number of carbonyl (C=O) groups excluding carboxylic acids is 1. The summed E-state index contributed by atoms with van der Waals surface area (Å²) < 4.78 is 18.5. The number of carboxylic acid groups (broad SMARTS) is 1. The van der Waals surface area contributed by atoms with Crippen LogP contribution >= 0.6 is 11.3 Å². The van der Waals surface area contributed by atoms with Crippen molar-refractivity contribution in [1.82, 2.24) is 0 Å². The van der Waals surface area contributed by atoms with Crippen molar-refractivity contribution >= 4 is 44.3 Å². The number of anilines is 2. The SMILES string of the molecule is CN(C(=O)N(C)c1cc2oc(=O)c(C(=O)O)cc2s1)c1ccc(F)cc1. The third kappa shape index (κ3) is 3.16. The number of hydrogen-bond acceptors (Lipinski definition) is 5. The van der Waals surface area contributed by atoms with E-state index in [-0.39, 0.29) is 5.58 Å². The number of urea groups is 1. The fourth-order valence-corrected chi connectivity index (χ4v) is 3.29. The molecule has 2 amide bonds. The predicted octanol–water partition coefficient (Wildman–Crippen LogP) is 3.38. The second-order valence-electron chi connectivity index (χ2n) is 5.44. The minimum absolute atomic E-state index is 0.198. The van der Waals surface area contributed by atoms with Gasteiger partial charge in [0, 0.05) is 25.8 Å². The molecule has 0 aliphatic heterocycles. The highest BCUT2D eigenvalue weighted by molar-refractivity contribution is 7.22. The zero-order valence-electron chi connectivity index (χ0n) is 13.7. The van der Waals surface area contributed by atoms with Crippen LogP contribution in [-0.2, 0) is 0 Å². The summed E-state index contributed by atoms with van der Waals surface area (Å²) in [4.78, 5) is 38.0. The van der Waals surface area contributed by atoms with Gasteiger partial charge in [-0.15, -0.1) is 11.3 Å². The summed E-state index contributed by atoms with van der Waals surface area (Å²) in [6.07, 6.45) is 0. The molecule has 0 saturated heterocycles. The van der Waals surface area contributed by atoms with Crippen molar-refractivity contribution in [2.24, 2.45) is 0 Å². The molecular weight excluding hydrogens is 363 g/mol. The molecule has 9 heteroatoms. The molecule has 7 nitrogen and oxygen atoms in total. The van der Waals surface area contributed by atoms with E-state index in [1.54, 1.807) is 7.05 Å². The fraction of sp³-hybridized carbons (Fsp3) is 0.118. The Morgan fingerprint density at radius 2 is 1.77 bits per heavy atom. The summed E-state index contributed by atoms with van der Waals surface area (Å²) in [5, 5.41) is 9.46. The Kier molecular flexibility index (Phi) is 4.47. The van der Waals surface area contributed by atoms with Gasteiger partial charge < -0.3 is 9.52 Å². The lowest BCUT2D eigenvalue weighted by Crippen LogP contribution is -2.38. The molecule has 0 fully saturated rings. The van der Waals surface area contributed by atoms with Crippen LogP contribution in [0.5, 0.6) is 0 Å². The fourth-order valence-electron chi connectivity index (χ4n) is 2.31. The maximum atomic E-state index is 13.0. The first-order valence-corrected chi connectivity index (χ1v) is 8.17. The number of halogens is 1. The molecule has 1 aromatic carbocycles. The minimum Gasteiger partial charge on any atom is -0.477 e. The van der Waals surface area contributed by atoms with Gasteiger partial charge in [-0.3, -0.25) is 9.80 Å². The molecule has 0 saturated carbocycles. The number of aromatic carboxylic acids is 1. The molecule has 0 radical (unpaired) electrons. The van der Waals surface area contributed by atoms with Crippen LogP contribution in [0.25, 0.3) is 10.3 Å². The largest absolute Gasteiger partial charge is 0.477 e. The molecule has 0 bridgehead atoms. The van der Waals surface area contributed by atoms with Gasteiger partial charge in [0.15, 0.2) is 5.58 Å². The second-order valence-corrected chi connectivity index (χ2v) is 6.51. The average molecular weight is 376 g/mol. The van der Waals surface area contributed by atoms with E-state index in [4.69, 9.17) is 9.52 Å². The smallest absolute Gasteiger partial charge is 0.351 e. The molecule has 0 unspecified atom stereocenters. The lowest BCUT2D eigenvalue weighted by molar-refractivity contribution is 0.0692. The summed E-state index contributed by atoms with van der Waals surface area (Å²) in [6, 6.07) is 7.77. The van der Waals surface area contributed by atoms with Crippen LogP contribution in [0.2, 0.25) is 0 Å². The number of amides is 2. The molecule has 0 aliphatic rings. The first-order valence-electron chi connectivity index (χ1n) is 7.36. The summed E-state index contributed by atoms with van der Waals surface area (Å²) >= 11 is 1.11. The van der Waals surface area contributed by atoms with Crippen LogP contribution in [0.4, 0.5) is 19.9 Å². The van der Waals surface area contributed by atoms with Crippen LogP contribution in [0.3, 0.4) is 0 Å². The number of benzene rings is 1. The lowest BCUT2D eigenvalue weighted by Gasteiger charge is -2.23. The van der Waals surface area contributed by atoms with E-state index in [1.165, 1.54) is 53.2 Å². The highest BCUT2D eigenvalue weighted by Gasteiger charge is 2.21. The predicted molar refractivity (Wildman–Crippen MR) is 95.9 cm³/mol. The number of carboxylic acids is 1. The summed E-state index contributed by atoms with van der Waals surface area (Å²) in [5.74, 6) is -1.78. The second kappa shape index (κ2) is 6.60. The number of nitrogens with zero attached hydrogens (tertiary/aromatic N) is 2. The van der Waals surface area contributed by atoms with E-state index in [0.29, 0.717) is 15.4 Å². The van der Waals surface area contributed by atoms with Crippen LogP contribution in [0.15, 0.2) is 45.6 Å². The molecule has 1 N–H and O–H groups in total. The van der Waals surface area contributed by atoms with Gasteiger partial charge in [0.25, 0.3) is 0 Å². The Hall–Kier alpha value is -3.20. The first kappa shape index (κ1) is 17.6. The van der Waals surface area contributed by atoms with Gasteiger partial charge in [0.2, 0.25) is 0 Å². The van der Waals surface area contributed by atoms with Crippen LogP contribution in [0, 0.1) is 5.82 Å². The van der Waals surface area contributed by atoms with Gasteiger partial charge in [-0.05, 0) is 30.3 Å². The molecule has 2 heterocycles. The van der Waals surface area contributed by atoms with Crippen molar-refractivity contribution in [3.63, 3.8) is 0 Å². The number of fused-ring (bicyclic) bond motifs is 1. The lowest BCUT2D eigenvalue weighted by atomic mass is 10.3.